The molecule has 0 saturated carbocycles. The van der Waals surface area contributed by atoms with E-state index in [2.05, 4.69) is 11.4 Å². The highest BCUT2D eigenvalue weighted by molar-refractivity contribution is 6.31. The van der Waals surface area contributed by atoms with Gasteiger partial charge < -0.3 is 10.2 Å². The van der Waals surface area contributed by atoms with Crippen LogP contribution in [0.1, 0.15) is 15.9 Å². The minimum absolute atomic E-state index is 0.0122. The Hall–Kier alpha value is -2.00. The van der Waals surface area contributed by atoms with Crippen molar-refractivity contribution in [2.75, 3.05) is 23.8 Å². The Balaban J connectivity index is 2.00. The van der Waals surface area contributed by atoms with Gasteiger partial charge in [0, 0.05) is 30.0 Å². The number of anilines is 2. The third kappa shape index (κ3) is 2.14. The Kier molecular flexibility index (Phi) is 3.36. The minimum Gasteiger partial charge on any atom is -0.387 e. The van der Waals surface area contributed by atoms with Gasteiger partial charge in [-0.05, 0) is 36.2 Å². The lowest BCUT2D eigenvalue weighted by atomic mass is 10.1. The lowest BCUT2D eigenvalue weighted by Gasteiger charge is -2.19. The van der Waals surface area contributed by atoms with E-state index in [4.69, 9.17) is 11.6 Å². The Bertz CT molecular complexity index is 669. The summed E-state index contributed by atoms with van der Waals surface area (Å²) in [4.78, 5) is 14.6. The van der Waals surface area contributed by atoms with E-state index in [1.165, 1.54) is 5.56 Å². The molecule has 2 aromatic rings. The number of nitrogens with one attached hydrogen (secondary N) is 1. The molecule has 3 nitrogen and oxygen atoms in total. The van der Waals surface area contributed by atoms with E-state index in [0.717, 1.165) is 17.8 Å². The second kappa shape index (κ2) is 5.17. The summed E-state index contributed by atoms with van der Waals surface area (Å²) in [5.74, 6) is -0.0122. The quantitative estimate of drug-likeness (QED) is 0.915. The maximum atomic E-state index is 12.8. The van der Waals surface area contributed by atoms with E-state index in [-0.39, 0.29) is 5.91 Å². The Morgan fingerprint density at radius 3 is 2.85 bits per heavy atom. The van der Waals surface area contributed by atoms with Crippen LogP contribution in [0.15, 0.2) is 42.5 Å². The topological polar surface area (TPSA) is 32.3 Å². The van der Waals surface area contributed by atoms with Gasteiger partial charge in [-0.1, -0.05) is 29.8 Å². The fraction of sp³-hybridized carbons (Fsp3) is 0.188. The average Bonchev–Trinajstić information content (AvgIpc) is 2.90. The van der Waals surface area contributed by atoms with Crippen LogP contribution in [-0.4, -0.2) is 19.5 Å². The average molecular weight is 287 g/mol. The summed E-state index contributed by atoms with van der Waals surface area (Å²) in [7, 11) is 1.80. The zero-order valence-corrected chi connectivity index (χ0v) is 11.9. The van der Waals surface area contributed by atoms with Gasteiger partial charge in [-0.25, -0.2) is 0 Å². The monoisotopic (exact) mass is 286 g/mol. The first-order valence-electron chi connectivity index (χ1n) is 6.58. The Morgan fingerprint density at radius 1 is 1.25 bits per heavy atom. The van der Waals surface area contributed by atoms with Crippen LogP contribution >= 0.6 is 11.6 Å². The fourth-order valence-electron chi connectivity index (χ4n) is 2.61. The van der Waals surface area contributed by atoms with E-state index in [9.17, 15) is 4.79 Å². The number of hydrogen-bond donors (Lipinski definition) is 1. The van der Waals surface area contributed by atoms with Crippen LogP contribution in [0, 0.1) is 0 Å². The number of halogens is 1. The molecule has 0 aromatic heterocycles. The SMILES string of the molecule is CNc1ccc(Cl)cc1C(=O)N1CCc2ccccc21. The molecule has 0 bridgehead atoms. The summed E-state index contributed by atoms with van der Waals surface area (Å²) in [6, 6.07) is 13.4. The van der Waals surface area contributed by atoms with Gasteiger partial charge in [0.1, 0.15) is 0 Å². The highest BCUT2D eigenvalue weighted by Crippen LogP contribution is 2.31. The highest BCUT2D eigenvalue weighted by atomic mass is 35.5. The molecule has 102 valence electrons. The van der Waals surface area contributed by atoms with Crippen molar-refractivity contribution >= 4 is 28.9 Å². The van der Waals surface area contributed by atoms with Crippen molar-refractivity contribution < 1.29 is 4.79 Å². The molecule has 0 radical (unpaired) electrons. The summed E-state index contributed by atoms with van der Waals surface area (Å²) < 4.78 is 0. The van der Waals surface area contributed by atoms with E-state index >= 15 is 0 Å². The van der Waals surface area contributed by atoms with Crippen LogP contribution < -0.4 is 10.2 Å². The Labute approximate surface area is 123 Å². The third-order valence-electron chi connectivity index (χ3n) is 3.61. The first-order valence-corrected chi connectivity index (χ1v) is 6.95. The number of para-hydroxylation sites is 1. The largest absolute Gasteiger partial charge is 0.387 e. The van der Waals surface area contributed by atoms with Crippen molar-refractivity contribution in [2.24, 2.45) is 0 Å². The van der Waals surface area contributed by atoms with Gasteiger partial charge in [0.15, 0.2) is 0 Å². The molecule has 0 spiro atoms. The molecule has 1 aliphatic rings. The van der Waals surface area contributed by atoms with Gasteiger partial charge in [-0.3, -0.25) is 4.79 Å². The number of amides is 1. The standard InChI is InChI=1S/C16H15ClN2O/c1-18-14-7-6-12(17)10-13(14)16(20)19-9-8-11-4-2-3-5-15(11)19/h2-7,10,18H,8-9H2,1H3. The van der Waals surface area contributed by atoms with Crippen LogP contribution in [0.5, 0.6) is 0 Å². The molecule has 0 atom stereocenters. The summed E-state index contributed by atoms with van der Waals surface area (Å²) in [6.07, 6.45) is 0.900. The third-order valence-corrected chi connectivity index (χ3v) is 3.85. The van der Waals surface area contributed by atoms with Crippen LogP contribution in [-0.2, 0) is 6.42 Å². The first-order chi connectivity index (χ1) is 9.70. The van der Waals surface area contributed by atoms with Gasteiger partial charge in [-0.2, -0.15) is 0 Å². The molecule has 0 aliphatic carbocycles. The van der Waals surface area contributed by atoms with E-state index in [0.29, 0.717) is 17.1 Å². The lowest BCUT2D eigenvalue weighted by Crippen LogP contribution is -2.29. The number of rotatable bonds is 2. The van der Waals surface area contributed by atoms with Crippen molar-refractivity contribution in [1.29, 1.82) is 0 Å². The van der Waals surface area contributed by atoms with Crippen molar-refractivity contribution in [1.82, 2.24) is 0 Å². The molecular formula is C16H15ClN2O. The molecule has 1 amide bonds. The van der Waals surface area contributed by atoms with E-state index in [1.807, 2.05) is 29.2 Å². The first kappa shape index (κ1) is 13.0. The maximum Gasteiger partial charge on any atom is 0.260 e. The molecule has 0 unspecified atom stereocenters. The molecule has 1 N–H and O–H groups in total. The normalized spacial score (nSPS) is 13.2. The van der Waals surface area contributed by atoms with Gasteiger partial charge in [0.25, 0.3) is 5.91 Å². The van der Waals surface area contributed by atoms with Gasteiger partial charge >= 0.3 is 0 Å². The lowest BCUT2D eigenvalue weighted by molar-refractivity contribution is 0.0990. The maximum absolute atomic E-state index is 12.8. The van der Waals surface area contributed by atoms with Crippen molar-refractivity contribution in [3.63, 3.8) is 0 Å². The second-order valence-electron chi connectivity index (χ2n) is 4.78. The smallest absolute Gasteiger partial charge is 0.260 e. The molecule has 0 fully saturated rings. The summed E-state index contributed by atoms with van der Waals surface area (Å²) >= 11 is 6.03. The number of nitrogens with zero attached hydrogens (tertiary/aromatic N) is 1. The number of benzene rings is 2. The predicted molar refractivity (Wildman–Crippen MR) is 82.8 cm³/mol. The summed E-state index contributed by atoms with van der Waals surface area (Å²) in [5, 5.41) is 3.61. The molecule has 3 rings (SSSR count). The van der Waals surface area contributed by atoms with E-state index < -0.39 is 0 Å². The second-order valence-corrected chi connectivity index (χ2v) is 5.21. The van der Waals surface area contributed by atoms with Crippen LogP contribution in [0.4, 0.5) is 11.4 Å². The van der Waals surface area contributed by atoms with Crippen LogP contribution in [0.2, 0.25) is 5.02 Å². The van der Waals surface area contributed by atoms with E-state index in [1.54, 1.807) is 19.2 Å². The van der Waals surface area contributed by atoms with Crippen molar-refractivity contribution in [3.05, 3.63) is 58.6 Å². The van der Waals surface area contributed by atoms with Crippen molar-refractivity contribution in [3.8, 4) is 0 Å². The van der Waals surface area contributed by atoms with Gasteiger partial charge in [0.2, 0.25) is 0 Å². The van der Waals surface area contributed by atoms with Gasteiger partial charge in [-0.15, -0.1) is 0 Å². The number of hydrogen-bond acceptors (Lipinski definition) is 2. The summed E-state index contributed by atoms with van der Waals surface area (Å²) in [6.45, 7) is 0.716. The molecule has 0 saturated heterocycles. The number of carbonyl (C=O) groups excluding carboxylic acids is 1. The zero-order valence-electron chi connectivity index (χ0n) is 11.2. The Morgan fingerprint density at radius 2 is 2.05 bits per heavy atom. The predicted octanol–water partition coefficient (Wildman–Crippen LogP) is 3.58. The van der Waals surface area contributed by atoms with Crippen LogP contribution in [0.25, 0.3) is 0 Å². The number of carbonyl (C=O) groups is 1. The molecule has 1 heterocycles. The van der Waals surface area contributed by atoms with Crippen LogP contribution in [0.3, 0.4) is 0 Å². The number of fused-ring (bicyclic) bond motifs is 1. The zero-order chi connectivity index (χ0) is 14.1. The highest BCUT2D eigenvalue weighted by Gasteiger charge is 2.26. The fourth-order valence-corrected chi connectivity index (χ4v) is 2.78. The molecule has 2 aromatic carbocycles. The molecule has 4 heteroatoms. The molecular weight excluding hydrogens is 272 g/mol. The molecule has 1 aliphatic heterocycles. The minimum atomic E-state index is -0.0122. The van der Waals surface area contributed by atoms with Crippen molar-refractivity contribution in [2.45, 2.75) is 6.42 Å². The molecule has 20 heavy (non-hydrogen) atoms. The van der Waals surface area contributed by atoms with Gasteiger partial charge in [0.05, 0.1) is 5.56 Å². The summed E-state index contributed by atoms with van der Waals surface area (Å²) in [5.41, 5.74) is 3.62.